The summed E-state index contributed by atoms with van der Waals surface area (Å²) in [4.78, 5) is 43.3. The third-order valence-electron chi connectivity index (χ3n) is 8.40. The Labute approximate surface area is 273 Å². The predicted molar refractivity (Wildman–Crippen MR) is 174 cm³/mol. The van der Waals surface area contributed by atoms with Crippen LogP contribution in [0.5, 0.6) is 5.75 Å². The van der Waals surface area contributed by atoms with E-state index in [1.54, 1.807) is 29.2 Å². The molecule has 2 aliphatic heterocycles. The van der Waals surface area contributed by atoms with Gasteiger partial charge in [0.2, 0.25) is 11.8 Å². The van der Waals surface area contributed by atoms with Gasteiger partial charge in [0.05, 0.1) is 24.3 Å². The summed E-state index contributed by atoms with van der Waals surface area (Å²) in [5, 5.41) is 2.86. The van der Waals surface area contributed by atoms with E-state index >= 15 is 0 Å². The maximum absolute atomic E-state index is 13.7. The fourth-order valence-corrected chi connectivity index (χ4v) is 6.21. The third-order valence-corrected chi connectivity index (χ3v) is 8.81. The number of piperidine rings is 1. The van der Waals surface area contributed by atoms with Gasteiger partial charge in [-0.05, 0) is 100.0 Å². The predicted octanol–water partition coefficient (Wildman–Crippen LogP) is 5.58. The second-order valence-corrected chi connectivity index (χ2v) is 12.1. The number of primary amides is 1. The minimum Gasteiger partial charge on any atom is -0.494 e. The van der Waals surface area contributed by atoms with Gasteiger partial charge in [-0.2, -0.15) is 13.2 Å². The number of nitrogens with two attached hydrogens (primary N) is 1. The van der Waals surface area contributed by atoms with Crippen LogP contribution in [0.4, 0.5) is 24.5 Å². The molecular weight excluding hydrogens is 619 g/mol. The minimum absolute atomic E-state index is 0.00320. The summed E-state index contributed by atoms with van der Waals surface area (Å²) in [7, 11) is 0. The first kappa shape index (κ1) is 35.1. The Morgan fingerprint density at radius 3 is 2.39 bits per heavy atom. The Morgan fingerprint density at radius 1 is 1.02 bits per heavy atom. The number of thiocarbonyl (C=S) groups is 1. The molecule has 3 N–H and O–H groups in total. The molecule has 1 atom stereocenters. The van der Waals surface area contributed by atoms with Crippen molar-refractivity contribution in [3.8, 4) is 5.75 Å². The van der Waals surface area contributed by atoms with Crippen molar-refractivity contribution in [3.63, 3.8) is 0 Å². The fourth-order valence-electron chi connectivity index (χ4n) is 5.79. The molecule has 2 aromatic rings. The number of hydrogen-bond donors (Lipinski definition) is 2. The number of alkyl halides is 3. The molecule has 0 saturated carbocycles. The van der Waals surface area contributed by atoms with E-state index in [2.05, 4.69) is 17.1 Å². The Balaban J connectivity index is 1.42. The van der Waals surface area contributed by atoms with E-state index < -0.39 is 29.6 Å². The Kier molecular flexibility index (Phi) is 12.4. The molecule has 2 fully saturated rings. The number of amides is 3. The van der Waals surface area contributed by atoms with Crippen molar-refractivity contribution in [2.45, 2.75) is 70.5 Å². The minimum atomic E-state index is -4.60. The van der Waals surface area contributed by atoms with Gasteiger partial charge in [0.1, 0.15) is 11.8 Å². The summed E-state index contributed by atoms with van der Waals surface area (Å²) in [6, 6.07) is 10.4. The Hall–Kier alpha value is -3.71. The largest absolute Gasteiger partial charge is 0.494 e. The van der Waals surface area contributed by atoms with Crippen molar-refractivity contribution in [3.05, 3.63) is 54.1 Å². The van der Waals surface area contributed by atoms with E-state index in [0.29, 0.717) is 63.5 Å². The van der Waals surface area contributed by atoms with Crippen molar-refractivity contribution in [2.75, 3.05) is 43.0 Å². The molecule has 3 amide bonds. The molecule has 0 radical (unpaired) electrons. The molecule has 4 rings (SSSR count). The number of anilines is 2. The highest BCUT2D eigenvalue weighted by Crippen LogP contribution is 2.34. The summed E-state index contributed by atoms with van der Waals surface area (Å²) in [5.41, 5.74) is 5.06. The molecule has 2 saturated heterocycles. The number of unbranched alkanes of at least 4 members (excludes halogenated alkanes) is 3. The topological polar surface area (TPSA) is 108 Å². The van der Waals surface area contributed by atoms with Crippen molar-refractivity contribution in [1.82, 2.24) is 9.80 Å². The first-order valence-corrected chi connectivity index (χ1v) is 16.2. The second kappa shape index (κ2) is 16.2. The molecule has 0 aromatic heterocycles. The number of ether oxygens (including phenoxy) is 1. The number of benzene rings is 2. The molecule has 1 unspecified atom stereocenters. The van der Waals surface area contributed by atoms with Gasteiger partial charge in [0.25, 0.3) is 5.91 Å². The first-order valence-electron chi connectivity index (χ1n) is 15.8. The fraction of sp³-hybridized carbons (Fsp3) is 0.515. The zero-order valence-corrected chi connectivity index (χ0v) is 26.9. The summed E-state index contributed by atoms with van der Waals surface area (Å²) in [6.07, 6.45) is 1.47. The Morgan fingerprint density at radius 2 is 1.74 bits per heavy atom. The van der Waals surface area contributed by atoms with Crippen molar-refractivity contribution >= 4 is 46.4 Å². The quantitative estimate of drug-likeness (QED) is 0.190. The number of halogens is 3. The summed E-state index contributed by atoms with van der Waals surface area (Å²) >= 11 is 5.64. The van der Waals surface area contributed by atoms with Crippen molar-refractivity contribution in [1.29, 1.82) is 0 Å². The number of nitrogens with zero attached hydrogens (tertiary/aromatic N) is 3. The van der Waals surface area contributed by atoms with Crippen LogP contribution in [-0.2, 0) is 20.6 Å². The molecule has 2 aliphatic rings. The van der Waals surface area contributed by atoms with E-state index in [1.807, 2.05) is 0 Å². The average Bonchev–Trinajstić information content (AvgIpc) is 3.25. The van der Waals surface area contributed by atoms with Crippen LogP contribution >= 0.6 is 12.2 Å². The van der Waals surface area contributed by atoms with Crippen LogP contribution in [0.2, 0.25) is 0 Å². The molecule has 9 nitrogen and oxygen atoms in total. The van der Waals surface area contributed by atoms with Crippen LogP contribution in [0, 0.1) is 5.92 Å². The molecule has 250 valence electrons. The zero-order valence-electron chi connectivity index (χ0n) is 26.1. The molecular formula is C33H42F3N5O4S. The highest BCUT2D eigenvalue weighted by molar-refractivity contribution is 7.80. The van der Waals surface area contributed by atoms with Crippen LogP contribution in [0.25, 0.3) is 0 Å². The van der Waals surface area contributed by atoms with E-state index in [0.717, 1.165) is 42.7 Å². The first-order chi connectivity index (χ1) is 22.0. The third kappa shape index (κ3) is 9.41. The van der Waals surface area contributed by atoms with E-state index in [9.17, 15) is 27.6 Å². The lowest BCUT2D eigenvalue weighted by Crippen LogP contribution is -2.41. The van der Waals surface area contributed by atoms with Crippen LogP contribution < -0.4 is 20.7 Å². The highest BCUT2D eigenvalue weighted by atomic mass is 32.1. The lowest BCUT2D eigenvalue weighted by Gasteiger charge is -2.31. The van der Waals surface area contributed by atoms with E-state index in [1.165, 1.54) is 12.1 Å². The summed E-state index contributed by atoms with van der Waals surface area (Å²) < 4.78 is 46.2. The normalized spacial score (nSPS) is 17.9. The lowest BCUT2D eigenvalue weighted by atomic mass is 9.96. The lowest BCUT2D eigenvalue weighted by molar-refractivity contribution is -0.137. The summed E-state index contributed by atoms with van der Waals surface area (Å²) in [5.74, 6) is -0.735. The van der Waals surface area contributed by atoms with Crippen LogP contribution in [0.3, 0.4) is 0 Å². The summed E-state index contributed by atoms with van der Waals surface area (Å²) in [6.45, 7) is 5.16. The molecule has 0 aliphatic carbocycles. The van der Waals surface area contributed by atoms with Gasteiger partial charge in [-0.15, -0.1) is 0 Å². The zero-order chi connectivity index (χ0) is 33.3. The van der Waals surface area contributed by atoms with Crippen LogP contribution in [-0.4, -0.2) is 71.5 Å². The van der Waals surface area contributed by atoms with Gasteiger partial charge in [0, 0.05) is 18.2 Å². The number of carbonyl (C=O) groups excluding carboxylic acids is 3. The van der Waals surface area contributed by atoms with Crippen LogP contribution in [0.1, 0.15) is 63.9 Å². The van der Waals surface area contributed by atoms with Gasteiger partial charge < -0.3 is 25.6 Å². The second-order valence-electron chi connectivity index (χ2n) is 11.8. The molecule has 0 bridgehead atoms. The highest BCUT2D eigenvalue weighted by Gasteiger charge is 2.44. The number of nitrogens with one attached hydrogen (secondary N) is 1. The van der Waals surface area contributed by atoms with E-state index in [4.69, 9.17) is 22.7 Å². The van der Waals surface area contributed by atoms with Gasteiger partial charge in [-0.25, -0.2) is 0 Å². The maximum atomic E-state index is 13.7. The van der Waals surface area contributed by atoms with Gasteiger partial charge in [-0.1, -0.05) is 32.3 Å². The molecule has 2 heterocycles. The number of hydrogen-bond acceptors (Lipinski definition) is 6. The van der Waals surface area contributed by atoms with E-state index in [-0.39, 0.29) is 29.0 Å². The van der Waals surface area contributed by atoms with Gasteiger partial charge in [-0.3, -0.25) is 19.3 Å². The maximum Gasteiger partial charge on any atom is 0.416 e. The van der Waals surface area contributed by atoms with Crippen LogP contribution in [0.15, 0.2) is 48.5 Å². The average molecular weight is 662 g/mol. The molecule has 2 aromatic carbocycles. The van der Waals surface area contributed by atoms with Crippen molar-refractivity contribution < 1.29 is 32.3 Å². The standard InChI is InChI=1S/C33H42F3N5O4S/c1-2-3-4-5-20-45-27-12-10-25(11-13-27)38-29(42)22-28-31(44)41(26-9-6-8-24(21-26)33(34,35)36)32(46)40(28)17-7-16-39-18-14-23(15-19-39)30(37)43/h6,8-13,21,23,28H,2-5,7,14-20,22H2,1H3,(H2,37,43)(H,38,42). The number of carbonyl (C=O) groups is 3. The molecule has 0 spiro atoms. The molecule has 46 heavy (non-hydrogen) atoms. The molecule has 13 heteroatoms. The van der Waals surface area contributed by atoms with Gasteiger partial charge >= 0.3 is 6.18 Å². The smallest absolute Gasteiger partial charge is 0.416 e. The Bertz CT molecular complexity index is 1370. The number of rotatable bonds is 15. The van der Waals surface area contributed by atoms with Gasteiger partial charge in [0.15, 0.2) is 5.11 Å². The SMILES string of the molecule is CCCCCCOc1ccc(NC(=O)CC2C(=O)N(c3cccc(C(F)(F)F)c3)C(=S)N2CCCN2CCC(C(N)=O)CC2)cc1. The monoisotopic (exact) mass is 661 g/mol. The van der Waals surface area contributed by atoms with Crippen molar-refractivity contribution in [2.24, 2.45) is 11.7 Å². The number of likely N-dealkylation sites (tertiary alicyclic amines) is 1.